The highest BCUT2D eigenvalue weighted by Gasteiger charge is 2.32. The smallest absolute Gasteiger partial charge is 0.257 e. The van der Waals surface area contributed by atoms with Crippen LogP contribution in [0, 0.1) is 5.92 Å². The van der Waals surface area contributed by atoms with Crippen LogP contribution < -0.4 is 10.1 Å². The van der Waals surface area contributed by atoms with E-state index >= 15 is 0 Å². The van der Waals surface area contributed by atoms with Crippen molar-refractivity contribution in [3.05, 3.63) is 63.6 Å². The predicted octanol–water partition coefficient (Wildman–Crippen LogP) is 3.59. The summed E-state index contributed by atoms with van der Waals surface area (Å²) in [5, 5.41) is 13.9. The van der Waals surface area contributed by atoms with Gasteiger partial charge in [0.2, 0.25) is 0 Å². The van der Waals surface area contributed by atoms with Crippen molar-refractivity contribution in [1.82, 2.24) is 10.2 Å². The van der Waals surface area contributed by atoms with Gasteiger partial charge in [0.25, 0.3) is 5.91 Å². The number of β-amino-alcohol motifs (C(OH)–C–C–N with tert-alkyl or cyclic N) is 1. The van der Waals surface area contributed by atoms with Gasteiger partial charge in [-0.25, -0.2) is 0 Å². The maximum atomic E-state index is 12.7. The molecule has 6 nitrogen and oxygen atoms in total. The molecule has 168 valence electrons. The van der Waals surface area contributed by atoms with Crippen molar-refractivity contribution in [2.45, 2.75) is 12.2 Å². The van der Waals surface area contributed by atoms with Gasteiger partial charge in [-0.3, -0.25) is 4.79 Å². The molecule has 2 atom stereocenters. The molecule has 4 rings (SSSR count). The molecule has 2 heterocycles. The number of carbonyl (C=O) groups is 1. The largest absolute Gasteiger partial charge is 0.492 e. The van der Waals surface area contributed by atoms with Crippen molar-refractivity contribution in [2.75, 3.05) is 39.4 Å². The summed E-state index contributed by atoms with van der Waals surface area (Å²) in [7, 11) is 0. The Morgan fingerprint density at radius 2 is 1.97 bits per heavy atom. The van der Waals surface area contributed by atoms with Crippen LogP contribution in [0.2, 0.25) is 10.0 Å². The summed E-state index contributed by atoms with van der Waals surface area (Å²) in [6, 6.07) is 12.7. The SMILES string of the molecule is Cl.O=C(c1ccccc1OC[C@H]1CNCCO[C@H]1c1ccc(Cl)c(Cl)c1)N1CC(O)C1. The van der Waals surface area contributed by atoms with Crippen molar-refractivity contribution in [1.29, 1.82) is 0 Å². The van der Waals surface area contributed by atoms with Gasteiger partial charge in [-0.2, -0.15) is 0 Å². The van der Waals surface area contributed by atoms with E-state index in [9.17, 15) is 9.90 Å². The Labute approximate surface area is 197 Å². The molecule has 2 fully saturated rings. The molecule has 2 aliphatic rings. The number of nitrogens with one attached hydrogen (secondary N) is 1. The molecule has 0 spiro atoms. The first-order chi connectivity index (χ1) is 14.5. The van der Waals surface area contributed by atoms with Gasteiger partial charge in [-0.15, -0.1) is 12.4 Å². The zero-order chi connectivity index (χ0) is 21.1. The summed E-state index contributed by atoms with van der Waals surface area (Å²) in [5.74, 6) is 0.409. The highest BCUT2D eigenvalue weighted by Crippen LogP contribution is 2.33. The molecule has 0 saturated carbocycles. The number of aliphatic hydroxyl groups is 1. The third kappa shape index (κ3) is 5.64. The number of likely N-dealkylation sites (tertiary alicyclic amines) is 1. The molecule has 0 unspecified atom stereocenters. The van der Waals surface area contributed by atoms with Crippen LogP contribution >= 0.6 is 35.6 Å². The molecule has 0 aliphatic carbocycles. The molecular weight excluding hydrogens is 463 g/mol. The Morgan fingerprint density at radius 3 is 2.71 bits per heavy atom. The molecule has 2 aromatic carbocycles. The van der Waals surface area contributed by atoms with Crippen molar-refractivity contribution in [3.8, 4) is 5.75 Å². The molecule has 0 radical (unpaired) electrons. The van der Waals surface area contributed by atoms with E-state index in [4.69, 9.17) is 32.7 Å². The number of amides is 1. The number of hydrogen-bond donors (Lipinski definition) is 2. The molecule has 1 amide bonds. The second-order valence-corrected chi connectivity index (χ2v) is 8.41. The number of nitrogens with zero attached hydrogens (tertiary/aromatic N) is 1. The van der Waals surface area contributed by atoms with E-state index in [0.717, 1.165) is 12.1 Å². The fraction of sp³-hybridized carbons (Fsp3) is 0.409. The average molecular weight is 488 g/mol. The van der Waals surface area contributed by atoms with Gasteiger partial charge < -0.3 is 24.8 Å². The van der Waals surface area contributed by atoms with Crippen LogP contribution in [0.25, 0.3) is 0 Å². The minimum absolute atomic E-state index is 0. The number of halogens is 3. The Kier molecular flexibility index (Phi) is 8.44. The van der Waals surface area contributed by atoms with E-state index < -0.39 is 6.10 Å². The van der Waals surface area contributed by atoms with Crippen LogP contribution in [0.1, 0.15) is 22.0 Å². The lowest BCUT2D eigenvalue weighted by Crippen LogP contribution is -2.53. The highest BCUT2D eigenvalue weighted by atomic mass is 35.5. The van der Waals surface area contributed by atoms with Gasteiger partial charge in [0.15, 0.2) is 0 Å². The van der Waals surface area contributed by atoms with Gasteiger partial charge in [-0.05, 0) is 29.8 Å². The van der Waals surface area contributed by atoms with E-state index in [2.05, 4.69) is 5.32 Å². The molecule has 2 saturated heterocycles. The quantitative estimate of drug-likeness (QED) is 0.674. The van der Waals surface area contributed by atoms with Gasteiger partial charge in [0, 0.05) is 32.1 Å². The molecule has 0 aromatic heterocycles. The third-order valence-electron chi connectivity index (χ3n) is 5.40. The lowest BCUT2D eigenvalue weighted by molar-refractivity contribution is 0.00499. The fourth-order valence-electron chi connectivity index (χ4n) is 3.75. The second-order valence-electron chi connectivity index (χ2n) is 7.60. The van der Waals surface area contributed by atoms with Crippen molar-refractivity contribution in [2.24, 2.45) is 5.92 Å². The summed E-state index contributed by atoms with van der Waals surface area (Å²) in [6.07, 6.45) is -0.647. The maximum absolute atomic E-state index is 12.7. The van der Waals surface area contributed by atoms with Gasteiger partial charge in [0.05, 0.1) is 41.0 Å². The Hall–Kier alpha value is -1.54. The predicted molar refractivity (Wildman–Crippen MR) is 123 cm³/mol. The van der Waals surface area contributed by atoms with Crippen molar-refractivity contribution >= 4 is 41.5 Å². The molecule has 2 N–H and O–H groups in total. The zero-order valence-electron chi connectivity index (χ0n) is 16.8. The number of aliphatic hydroxyl groups excluding tert-OH is 1. The molecule has 31 heavy (non-hydrogen) atoms. The lowest BCUT2D eigenvalue weighted by Gasteiger charge is -2.36. The van der Waals surface area contributed by atoms with Crippen LogP contribution in [0.3, 0.4) is 0 Å². The van der Waals surface area contributed by atoms with E-state index in [1.807, 2.05) is 24.3 Å². The molecule has 2 aromatic rings. The van der Waals surface area contributed by atoms with E-state index in [-0.39, 0.29) is 30.3 Å². The van der Waals surface area contributed by atoms with E-state index in [1.54, 1.807) is 23.1 Å². The minimum atomic E-state index is -0.441. The Balaban J connectivity index is 0.00000272. The van der Waals surface area contributed by atoms with Crippen molar-refractivity contribution < 1.29 is 19.4 Å². The fourth-order valence-corrected chi connectivity index (χ4v) is 4.06. The van der Waals surface area contributed by atoms with Gasteiger partial charge in [0.1, 0.15) is 5.75 Å². The average Bonchev–Trinajstić information content (AvgIpc) is 2.97. The summed E-state index contributed by atoms with van der Waals surface area (Å²) in [5.41, 5.74) is 1.44. The Bertz CT molecular complexity index is 908. The zero-order valence-corrected chi connectivity index (χ0v) is 19.1. The normalized spacial score (nSPS) is 21.6. The lowest BCUT2D eigenvalue weighted by atomic mass is 9.96. The third-order valence-corrected chi connectivity index (χ3v) is 6.14. The first-order valence-electron chi connectivity index (χ1n) is 9.99. The molecule has 2 aliphatic heterocycles. The topological polar surface area (TPSA) is 71.0 Å². The van der Waals surface area contributed by atoms with E-state index in [0.29, 0.717) is 54.2 Å². The second kappa shape index (κ2) is 10.9. The summed E-state index contributed by atoms with van der Waals surface area (Å²) >= 11 is 12.3. The number of benzene rings is 2. The van der Waals surface area contributed by atoms with Crippen LogP contribution in [0.4, 0.5) is 0 Å². The number of hydrogen-bond acceptors (Lipinski definition) is 5. The van der Waals surface area contributed by atoms with Crippen molar-refractivity contribution in [3.63, 3.8) is 0 Å². The molecule has 9 heteroatoms. The van der Waals surface area contributed by atoms with E-state index in [1.165, 1.54) is 0 Å². The minimum Gasteiger partial charge on any atom is -0.492 e. The summed E-state index contributed by atoms with van der Waals surface area (Å²) in [6.45, 7) is 3.11. The standard InChI is InChI=1S/C22H24Cl2N2O4.ClH/c23-18-6-5-14(9-19(18)24)21-15(10-25-7-8-29-21)13-30-20-4-2-1-3-17(20)22(28)26-11-16(27)12-26;/h1-6,9,15-16,21,25,27H,7-8,10-13H2;1H/t15-,21+;/m1./s1. The summed E-state index contributed by atoms with van der Waals surface area (Å²) in [4.78, 5) is 14.3. The number of rotatable bonds is 5. The van der Waals surface area contributed by atoms with Crippen LogP contribution in [0.15, 0.2) is 42.5 Å². The first kappa shape index (κ1) is 24.1. The number of carbonyl (C=O) groups excluding carboxylic acids is 1. The Morgan fingerprint density at radius 1 is 1.19 bits per heavy atom. The van der Waals surface area contributed by atoms with Crippen LogP contribution in [-0.4, -0.2) is 61.4 Å². The first-order valence-corrected chi connectivity index (χ1v) is 10.7. The number of ether oxygens (including phenoxy) is 2. The summed E-state index contributed by atoms with van der Waals surface area (Å²) < 4.78 is 12.2. The number of para-hydroxylation sites is 1. The monoisotopic (exact) mass is 486 g/mol. The van der Waals surface area contributed by atoms with Crippen LogP contribution in [-0.2, 0) is 4.74 Å². The van der Waals surface area contributed by atoms with Gasteiger partial charge in [-0.1, -0.05) is 41.4 Å². The molecular formula is C22H25Cl3N2O4. The van der Waals surface area contributed by atoms with Gasteiger partial charge >= 0.3 is 0 Å². The molecule has 0 bridgehead atoms. The maximum Gasteiger partial charge on any atom is 0.257 e. The van der Waals surface area contributed by atoms with Crippen LogP contribution in [0.5, 0.6) is 5.75 Å². The highest BCUT2D eigenvalue weighted by molar-refractivity contribution is 6.42.